The first-order chi connectivity index (χ1) is 15.1. The Hall–Kier alpha value is -2.37. The molecule has 0 spiro atoms. The number of amides is 1. The van der Waals surface area contributed by atoms with Gasteiger partial charge in [0.05, 0.1) is 12.6 Å². The number of halogens is 1. The third-order valence-corrected chi connectivity index (χ3v) is 6.74. The van der Waals surface area contributed by atoms with Crippen molar-refractivity contribution in [3.05, 3.63) is 63.7 Å². The fourth-order valence-corrected chi connectivity index (χ4v) is 5.25. The van der Waals surface area contributed by atoms with E-state index >= 15 is 0 Å². The second-order valence-corrected chi connectivity index (χ2v) is 9.44. The number of nitrogens with two attached hydrogens (primary N) is 1. The molecule has 1 heterocycles. The van der Waals surface area contributed by atoms with Crippen LogP contribution >= 0.6 is 11.6 Å². The molecule has 0 saturated heterocycles. The van der Waals surface area contributed by atoms with Gasteiger partial charge in [-0.3, -0.25) is 14.6 Å². The van der Waals surface area contributed by atoms with Crippen molar-refractivity contribution in [2.24, 2.45) is 5.84 Å². The van der Waals surface area contributed by atoms with Crippen molar-refractivity contribution >= 4 is 22.8 Å². The van der Waals surface area contributed by atoms with E-state index in [1.54, 1.807) is 12.1 Å². The quantitative estimate of drug-likeness (QED) is 0.331. The van der Waals surface area contributed by atoms with Gasteiger partial charge in [0, 0.05) is 28.5 Å². The highest BCUT2D eigenvalue weighted by Crippen LogP contribution is 2.41. The molecule has 5 nitrogen and oxygen atoms in total. The minimum atomic E-state index is -0.478. The zero-order valence-corrected chi connectivity index (χ0v) is 20.4. The number of hydrogen-bond acceptors (Lipinski definition) is 4. The van der Waals surface area contributed by atoms with E-state index in [1.165, 1.54) is 5.01 Å². The highest BCUT2D eigenvalue weighted by atomic mass is 35.5. The molecule has 172 valence electrons. The molecule has 1 aliphatic rings. The summed E-state index contributed by atoms with van der Waals surface area (Å²) in [6, 6.07) is 9.39. The van der Waals surface area contributed by atoms with Gasteiger partial charge in [-0.15, -0.1) is 0 Å². The molecule has 32 heavy (non-hydrogen) atoms. The maximum absolute atomic E-state index is 13.1. The summed E-state index contributed by atoms with van der Waals surface area (Å²) in [7, 11) is 0. The van der Waals surface area contributed by atoms with E-state index in [1.807, 2.05) is 26.0 Å². The number of nitrogens with zero attached hydrogens (tertiary/aromatic N) is 1. The predicted molar refractivity (Wildman–Crippen MR) is 128 cm³/mol. The molecule has 3 rings (SSSR count). The van der Waals surface area contributed by atoms with Gasteiger partial charge in [0.15, 0.2) is 0 Å². The Morgan fingerprint density at radius 3 is 2.59 bits per heavy atom. The summed E-state index contributed by atoms with van der Waals surface area (Å²) in [6.45, 7) is 10.8. The lowest BCUT2D eigenvalue weighted by molar-refractivity contribution is 0.0513. The van der Waals surface area contributed by atoms with Gasteiger partial charge in [-0.2, -0.15) is 0 Å². The summed E-state index contributed by atoms with van der Waals surface area (Å²) in [6.07, 6.45) is 3.09. The number of aryl methyl sites for hydroxylation is 1. The molecule has 1 aliphatic heterocycles. The zero-order chi connectivity index (χ0) is 23.6. The van der Waals surface area contributed by atoms with E-state index < -0.39 is 5.24 Å². The fraction of sp³-hybridized carbons (Fsp3) is 0.462. The minimum Gasteiger partial charge on any atom is -0.493 e. The molecule has 0 unspecified atom stereocenters. The third kappa shape index (κ3) is 4.41. The molecule has 1 amide bonds. The van der Waals surface area contributed by atoms with Gasteiger partial charge in [0.25, 0.3) is 11.1 Å². The number of fused-ring (bicyclic) bond motifs is 1. The number of rotatable bonds is 8. The van der Waals surface area contributed by atoms with Crippen LogP contribution in [0.15, 0.2) is 30.3 Å². The Morgan fingerprint density at radius 1 is 1.25 bits per heavy atom. The van der Waals surface area contributed by atoms with Gasteiger partial charge in [0.2, 0.25) is 0 Å². The SMILES string of the molecule is CCC[C@H]1N(N)C(=O)c2cc(C)cc(CCOc3cccc(C(=O)Cl)c3CC)c2C1(C)C. The highest BCUT2D eigenvalue weighted by Gasteiger charge is 2.44. The number of hydrogen-bond donors (Lipinski definition) is 1. The summed E-state index contributed by atoms with van der Waals surface area (Å²) in [5, 5.41) is 0.946. The molecule has 2 N–H and O–H groups in total. The van der Waals surface area contributed by atoms with Gasteiger partial charge in [0.1, 0.15) is 5.75 Å². The summed E-state index contributed by atoms with van der Waals surface area (Å²) < 4.78 is 6.11. The molecular weight excluding hydrogens is 424 g/mol. The number of carbonyl (C=O) groups excluding carboxylic acids is 2. The van der Waals surface area contributed by atoms with Gasteiger partial charge >= 0.3 is 0 Å². The van der Waals surface area contributed by atoms with Crippen LogP contribution in [-0.4, -0.2) is 28.8 Å². The topological polar surface area (TPSA) is 72.6 Å². The smallest absolute Gasteiger partial charge is 0.268 e. The van der Waals surface area contributed by atoms with Crippen molar-refractivity contribution in [3.8, 4) is 5.75 Å². The van der Waals surface area contributed by atoms with E-state index in [0.29, 0.717) is 36.3 Å². The molecular formula is C26H33ClN2O3. The van der Waals surface area contributed by atoms with Gasteiger partial charge in [-0.1, -0.05) is 51.8 Å². The van der Waals surface area contributed by atoms with Gasteiger partial charge < -0.3 is 4.74 Å². The second-order valence-electron chi connectivity index (χ2n) is 9.09. The lowest BCUT2D eigenvalue weighted by atomic mass is 9.68. The standard InChI is InChI=1S/C26H33ClN2O3/c1-6-9-22-26(4,5)23-17(14-16(3)15-20(23)25(31)29(22)28)12-13-32-21-11-8-10-19(24(27)30)18(21)7-2/h8,10-11,14-15,22H,6-7,9,12-13,28H2,1-5H3/t22-/m1/s1. The van der Waals surface area contributed by atoms with Crippen LogP contribution in [0.3, 0.4) is 0 Å². The van der Waals surface area contributed by atoms with Crippen molar-refractivity contribution in [1.82, 2.24) is 5.01 Å². The lowest BCUT2D eigenvalue weighted by Gasteiger charge is -2.46. The van der Waals surface area contributed by atoms with Crippen molar-refractivity contribution in [2.45, 2.75) is 71.8 Å². The molecule has 0 aliphatic carbocycles. The minimum absolute atomic E-state index is 0.0621. The zero-order valence-electron chi connectivity index (χ0n) is 19.6. The average Bonchev–Trinajstić information content (AvgIpc) is 2.74. The summed E-state index contributed by atoms with van der Waals surface area (Å²) in [5.41, 5.74) is 4.90. The normalized spacial score (nSPS) is 17.3. The lowest BCUT2D eigenvalue weighted by Crippen LogP contribution is -2.58. The maximum Gasteiger partial charge on any atom is 0.268 e. The molecule has 0 fully saturated rings. The van der Waals surface area contributed by atoms with Crippen LogP contribution in [0.1, 0.15) is 83.5 Å². The highest BCUT2D eigenvalue weighted by molar-refractivity contribution is 6.68. The van der Waals surface area contributed by atoms with Gasteiger partial charge in [-0.25, -0.2) is 5.84 Å². The molecule has 2 aromatic carbocycles. The van der Waals surface area contributed by atoms with Crippen LogP contribution in [0.4, 0.5) is 0 Å². The average molecular weight is 457 g/mol. The molecule has 0 aromatic heterocycles. The Bertz CT molecular complexity index is 1030. The van der Waals surface area contributed by atoms with E-state index in [-0.39, 0.29) is 17.4 Å². The van der Waals surface area contributed by atoms with E-state index in [9.17, 15) is 9.59 Å². The molecule has 0 bridgehead atoms. The number of hydrazine groups is 1. The Kier molecular flexibility index (Phi) is 7.31. The molecule has 0 saturated carbocycles. The monoisotopic (exact) mass is 456 g/mol. The molecule has 1 atom stereocenters. The van der Waals surface area contributed by atoms with E-state index in [2.05, 4.69) is 26.8 Å². The summed E-state index contributed by atoms with van der Waals surface area (Å²) >= 11 is 5.74. The van der Waals surface area contributed by atoms with Crippen molar-refractivity contribution in [3.63, 3.8) is 0 Å². The fourth-order valence-electron chi connectivity index (χ4n) is 5.08. The van der Waals surface area contributed by atoms with E-state index in [0.717, 1.165) is 35.1 Å². The third-order valence-electron chi connectivity index (χ3n) is 6.53. The van der Waals surface area contributed by atoms with Crippen LogP contribution in [0, 0.1) is 6.92 Å². The summed E-state index contributed by atoms with van der Waals surface area (Å²) in [5.74, 6) is 6.82. The van der Waals surface area contributed by atoms with Crippen molar-refractivity contribution in [1.29, 1.82) is 0 Å². The van der Waals surface area contributed by atoms with E-state index in [4.69, 9.17) is 22.2 Å². The first kappa shape index (κ1) is 24.3. The molecule has 6 heteroatoms. The van der Waals surface area contributed by atoms with Gasteiger partial charge in [-0.05, 0) is 60.7 Å². The largest absolute Gasteiger partial charge is 0.493 e. The van der Waals surface area contributed by atoms with Crippen LogP contribution in [0.25, 0.3) is 0 Å². The van der Waals surface area contributed by atoms with Crippen LogP contribution in [-0.2, 0) is 18.3 Å². The first-order valence-electron chi connectivity index (χ1n) is 11.3. The Balaban J connectivity index is 1.93. The number of carbonyl (C=O) groups is 2. The predicted octanol–water partition coefficient (Wildman–Crippen LogP) is 5.33. The van der Waals surface area contributed by atoms with Crippen LogP contribution in [0.2, 0.25) is 0 Å². The Labute approximate surface area is 195 Å². The number of ether oxygens (including phenoxy) is 1. The van der Waals surface area contributed by atoms with Crippen molar-refractivity contribution in [2.75, 3.05) is 6.61 Å². The molecule has 0 radical (unpaired) electrons. The first-order valence-corrected chi connectivity index (χ1v) is 11.7. The summed E-state index contributed by atoms with van der Waals surface area (Å²) in [4.78, 5) is 24.8. The molecule has 2 aromatic rings. The maximum atomic E-state index is 13.1. The van der Waals surface area contributed by atoms with Crippen molar-refractivity contribution < 1.29 is 14.3 Å². The second kappa shape index (κ2) is 9.63. The number of benzene rings is 2. The Morgan fingerprint density at radius 2 is 1.97 bits per heavy atom. The van der Waals surface area contributed by atoms with Crippen LogP contribution in [0.5, 0.6) is 5.75 Å². The van der Waals surface area contributed by atoms with Crippen LogP contribution < -0.4 is 10.6 Å².